The van der Waals surface area contributed by atoms with Crippen molar-refractivity contribution in [1.29, 1.82) is 0 Å². The Kier molecular flexibility index (Phi) is 26.7. The minimum absolute atomic E-state index is 0. The van der Waals surface area contributed by atoms with Crippen molar-refractivity contribution in [3.63, 3.8) is 0 Å². The Morgan fingerprint density at radius 3 is 1.13 bits per heavy atom. The van der Waals surface area contributed by atoms with Gasteiger partial charge in [-0.1, -0.05) is 65.2 Å². The van der Waals surface area contributed by atoms with Gasteiger partial charge in [-0.05, 0) is 12.8 Å². The molecule has 0 radical (unpaired) electrons. The summed E-state index contributed by atoms with van der Waals surface area (Å²) in [6.07, 6.45) is 11.7. The van der Waals surface area contributed by atoms with Crippen LogP contribution < -0.4 is 10.2 Å². The predicted octanol–water partition coefficient (Wildman–Crippen LogP) is 0.730. The summed E-state index contributed by atoms with van der Waals surface area (Å²) in [6.45, 7) is 3.65. The average Bonchev–Trinajstić information content (AvgIpc) is 2.66. The molecule has 0 aromatic carbocycles. The van der Waals surface area contributed by atoms with E-state index in [1.54, 1.807) is 0 Å². The van der Waals surface area contributed by atoms with Crippen LogP contribution in [0.5, 0.6) is 0 Å². The molecule has 0 aromatic heterocycles. The van der Waals surface area contributed by atoms with Crippen LogP contribution in [0, 0.1) is 0 Å². The molecule has 0 fully saturated rings. The molecule has 0 heterocycles. The zero-order chi connectivity index (χ0) is 23.4. The van der Waals surface area contributed by atoms with Crippen molar-refractivity contribution in [3.05, 3.63) is 0 Å². The molecule has 0 N–H and O–H groups in total. The zero-order valence-electron chi connectivity index (χ0n) is 20.0. The van der Waals surface area contributed by atoms with Gasteiger partial charge in [0.05, 0.1) is 25.0 Å². The molecule has 0 saturated carbocycles. The summed E-state index contributed by atoms with van der Waals surface area (Å²) >= 11 is 0. The van der Waals surface area contributed by atoms with Gasteiger partial charge in [0.25, 0.3) is 0 Å². The van der Waals surface area contributed by atoms with Crippen LogP contribution in [-0.2, 0) is 19.2 Å². The summed E-state index contributed by atoms with van der Waals surface area (Å²) in [4.78, 5) is 45.5. The minimum Gasteiger partial charge on any atom is -0.548 e. The summed E-state index contributed by atoms with van der Waals surface area (Å²) in [5.74, 6) is -2.65. The second-order valence-corrected chi connectivity index (χ2v) is 7.57. The average molecular weight is 469 g/mol. The number of hydrogen-bond acceptors (Lipinski definition) is 6. The maximum absolute atomic E-state index is 11.3. The molecule has 0 spiro atoms. The first-order chi connectivity index (χ1) is 14.1. The molecule has 0 aliphatic rings. The summed E-state index contributed by atoms with van der Waals surface area (Å²) in [6, 6.07) is 0. The Morgan fingerprint density at radius 1 is 0.581 bits per heavy atom. The third-order valence-corrected chi connectivity index (χ3v) is 4.57. The normalized spacial score (nSPS) is 9.68. The van der Waals surface area contributed by atoms with E-state index in [-0.39, 0.29) is 62.6 Å². The van der Waals surface area contributed by atoms with E-state index in [0.717, 1.165) is 38.5 Å². The van der Waals surface area contributed by atoms with Crippen LogP contribution >= 0.6 is 0 Å². The van der Waals surface area contributed by atoms with E-state index in [4.69, 9.17) is 0 Å². The fourth-order valence-electron chi connectivity index (χ4n) is 2.70. The SMILES string of the molecule is CCCCCCCC(=O)N(C)CC(=O)[O-].CCCCCCCC(=O)N(C)CC(=O)[O-].[Ca+2]. The molecule has 176 valence electrons. The maximum atomic E-state index is 11.3. The van der Waals surface area contributed by atoms with Crippen LogP contribution in [0.4, 0.5) is 0 Å². The molecule has 0 aromatic rings. The standard InChI is InChI=1S/2C11H21NO3.Ca/c2*1-3-4-5-6-7-8-10(13)12(2)9-11(14)15;/h2*3-9H2,1-2H3,(H,14,15);/q;;+2/p-2. The molecule has 2 amide bonds. The van der Waals surface area contributed by atoms with Gasteiger partial charge in [0, 0.05) is 26.9 Å². The van der Waals surface area contributed by atoms with Crippen LogP contribution in [-0.4, -0.2) is 98.5 Å². The maximum Gasteiger partial charge on any atom is 2.00 e. The van der Waals surface area contributed by atoms with Gasteiger partial charge in [-0.15, -0.1) is 0 Å². The van der Waals surface area contributed by atoms with Gasteiger partial charge in [-0.25, -0.2) is 0 Å². The molecule has 0 atom stereocenters. The van der Waals surface area contributed by atoms with E-state index < -0.39 is 11.9 Å². The van der Waals surface area contributed by atoms with Gasteiger partial charge in [0.15, 0.2) is 0 Å². The number of hydrogen-bond donors (Lipinski definition) is 0. The van der Waals surface area contributed by atoms with Crippen LogP contribution in [0.2, 0.25) is 0 Å². The van der Waals surface area contributed by atoms with Crippen molar-refractivity contribution in [3.8, 4) is 0 Å². The van der Waals surface area contributed by atoms with Crippen molar-refractivity contribution in [2.45, 2.75) is 90.9 Å². The molecular weight excluding hydrogens is 428 g/mol. The summed E-state index contributed by atoms with van der Waals surface area (Å²) < 4.78 is 0. The minimum atomic E-state index is -1.21. The van der Waals surface area contributed by atoms with Gasteiger partial charge in [0.1, 0.15) is 0 Å². The molecule has 31 heavy (non-hydrogen) atoms. The first-order valence-corrected chi connectivity index (χ1v) is 11.0. The van der Waals surface area contributed by atoms with E-state index in [0.29, 0.717) is 12.8 Å². The van der Waals surface area contributed by atoms with Crippen LogP contribution in [0.3, 0.4) is 0 Å². The summed E-state index contributed by atoms with van der Waals surface area (Å²) in [7, 11) is 2.98. The molecule has 9 heteroatoms. The van der Waals surface area contributed by atoms with Crippen molar-refractivity contribution in [1.82, 2.24) is 9.80 Å². The molecular formula is C22H40CaN2O6. The quantitative estimate of drug-likeness (QED) is 0.243. The van der Waals surface area contributed by atoms with Gasteiger partial charge in [-0.2, -0.15) is 0 Å². The van der Waals surface area contributed by atoms with Crippen molar-refractivity contribution < 1.29 is 29.4 Å². The van der Waals surface area contributed by atoms with Gasteiger partial charge >= 0.3 is 37.7 Å². The first kappa shape index (κ1) is 34.7. The summed E-state index contributed by atoms with van der Waals surface area (Å²) in [5, 5.41) is 20.4. The number of carboxylic acids is 2. The van der Waals surface area contributed by atoms with E-state index >= 15 is 0 Å². The fourth-order valence-corrected chi connectivity index (χ4v) is 2.70. The number of aliphatic carboxylic acids is 2. The van der Waals surface area contributed by atoms with E-state index in [2.05, 4.69) is 13.8 Å². The number of carbonyl (C=O) groups excluding carboxylic acids is 4. The Labute approximate surface area is 217 Å². The smallest absolute Gasteiger partial charge is 0.548 e. The molecule has 0 aliphatic heterocycles. The Morgan fingerprint density at radius 2 is 0.871 bits per heavy atom. The zero-order valence-corrected chi connectivity index (χ0v) is 22.2. The molecule has 8 nitrogen and oxygen atoms in total. The van der Waals surface area contributed by atoms with Gasteiger partial charge in [-0.3, -0.25) is 9.59 Å². The number of carboxylic acid groups (broad SMARTS) is 2. The van der Waals surface area contributed by atoms with Gasteiger partial charge < -0.3 is 29.6 Å². The third kappa shape index (κ3) is 25.3. The number of nitrogens with zero attached hydrogens (tertiary/aromatic N) is 2. The molecule has 0 rings (SSSR count). The second kappa shape index (κ2) is 23.8. The van der Waals surface area contributed by atoms with E-state index in [1.165, 1.54) is 49.6 Å². The van der Waals surface area contributed by atoms with E-state index in [9.17, 15) is 29.4 Å². The Balaban J connectivity index is -0.000000490. The van der Waals surface area contributed by atoms with Crippen molar-refractivity contribution in [2.75, 3.05) is 27.2 Å². The number of unbranched alkanes of at least 4 members (excludes halogenated alkanes) is 8. The predicted molar refractivity (Wildman–Crippen MR) is 118 cm³/mol. The number of amides is 2. The number of rotatable bonds is 16. The third-order valence-electron chi connectivity index (χ3n) is 4.57. The topological polar surface area (TPSA) is 121 Å². The Hall–Kier alpha value is -0.860. The van der Waals surface area contributed by atoms with E-state index in [1.807, 2.05) is 0 Å². The van der Waals surface area contributed by atoms with Crippen molar-refractivity contribution in [2.24, 2.45) is 0 Å². The first-order valence-electron chi connectivity index (χ1n) is 11.0. The number of carbonyl (C=O) groups is 4. The summed E-state index contributed by atoms with van der Waals surface area (Å²) in [5.41, 5.74) is 0. The van der Waals surface area contributed by atoms with Gasteiger partial charge in [0.2, 0.25) is 11.8 Å². The molecule has 0 bridgehead atoms. The number of likely N-dealkylation sites (N-methyl/N-ethyl adjacent to an activating group) is 2. The largest absolute Gasteiger partial charge is 2.00 e. The van der Waals surface area contributed by atoms with Crippen LogP contribution in [0.25, 0.3) is 0 Å². The van der Waals surface area contributed by atoms with Crippen LogP contribution in [0.15, 0.2) is 0 Å². The van der Waals surface area contributed by atoms with Crippen LogP contribution in [0.1, 0.15) is 90.9 Å². The Bertz CT molecular complexity index is 458. The second-order valence-electron chi connectivity index (χ2n) is 7.57. The molecule has 0 saturated heterocycles. The van der Waals surface area contributed by atoms with Crippen molar-refractivity contribution >= 4 is 61.5 Å². The fraction of sp³-hybridized carbons (Fsp3) is 0.818. The molecule has 0 aliphatic carbocycles. The monoisotopic (exact) mass is 468 g/mol. The molecule has 0 unspecified atom stereocenters.